The van der Waals surface area contributed by atoms with Gasteiger partial charge in [0.2, 0.25) is 0 Å². The molecule has 192 valence electrons. The number of anilines is 1. The van der Waals surface area contributed by atoms with Crippen molar-refractivity contribution in [3.63, 3.8) is 0 Å². The Balaban J connectivity index is 1.55. The zero-order valence-corrected chi connectivity index (χ0v) is 22.6. The smallest absolute Gasteiger partial charge is 0.269 e. The number of amides is 1. The molecule has 11 heteroatoms. The van der Waals surface area contributed by atoms with Crippen LogP contribution >= 0.6 is 27.3 Å². The normalized spacial score (nSPS) is 12.6. The lowest BCUT2D eigenvalue weighted by Gasteiger charge is -2.14. The van der Waals surface area contributed by atoms with Crippen molar-refractivity contribution in [1.29, 1.82) is 10.5 Å². The van der Waals surface area contributed by atoms with E-state index in [1.807, 2.05) is 6.07 Å². The summed E-state index contributed by atoms with van der Waals surface area (Å²) >= 11 is 4.84. The zero-order valence-electron chi connectivity index (χ0n) is 20.2. The first kappa shape index (κ1) is 26.9. The van der Waals surface area contributed by atoms with Crippen LogP contribution in [0.3, 0.4) is 0 Å². The molecule has 0 fully saturated rings. The van der Waals surface area contributed by atoms with Crippen LogP contribution in [0.2, 0.25) is 0 Å². The lowest BCUT2D eigenvalue weighted by Crippen LogP contribution is -2.13. The third-order valence-corrected chi connectivity index (χ3v) is 7.74. The summed E-state index contributed by atoms with van der Waals surface area (Å²) in [6.07, 6.45) is 5.18. The average molecular weight is 593 g/mol. The molecule has 0 unspecified atom stereocenters. The van der Waals surface area contributed by atoms with E-state index < -0.39 is 10.8 Å². The quantitative estimate of drug-likeness (QED) is 0.140. The first-order chi connectivity index (χ1) is 18.3. The molecule has 1 amide bonds. The number of nitrogens with one attached hydrogen (secondary N) is 1. The summed E-state index contributed by atoms with van der Waals surface area (Å²) in [5.74, 6) is 0.0945. The highest BCUT2D eigenvalue weighted by Crippen LogP contribution is 2.39. The summed E-state index contributed by atoms with van der Waals surface area (Å²) in [4.78, 5) is 24.6. The standard InChI is InChI=1S/C27H21BrN4O5S/c1-36-23-12-17(11-22(28)25(23)37-15-16-5-4-6-19(10-16)32(34)35)9-18(13-29)26(33)31-27-21(14-30)20-7-2-3-8-24(20)38-27/h4-6,9-12H,2-3,7-8,15H2,1H3,(H,31,33)/b18-9+. The Hall–Kier alpha value is -4.19. The largest absolute Gasteiger partial charge is 0.493 e. The number of nitriles is 2. The first-order valence-corrected chi connectivity index (χ1v) is 13.2. The van der Waals surface area contributed by atoms with Crippen molar-refractivity contribution in [2.45, 2.75) is 32.3 Å². The Bertz CT molecular complexity index is 1530. The van der Waals surface area contributed by atoms with Gasteiger partial charge in [0.25, 0.3) is 11.6 Å². The Labute approximate surface area is 231 Å². The number of nitrogens with zero attached hydrogens (tertiary/aromatic N) is 3. The fourth-order valence-corrected chi connectivity index (χ4v) is 5.95. The maximum atomic E-state index is 12.9. The van der Waals surface area contributed by atoms with Crippen LogP contribution in [0.15, 0.2) is 46.4 Å². The summed E-state index contributed by atoms with van der Waals surface area (Å²) in [5, 5.41) is 33.6. The van der Waals surface area contributed by atoms with Crippen LogP contribution in [-0.2, 0) is 24.2 Å². The molecule has 1 heterocycles. The van der Waals surface area contributed by atoms with Crippen LogP contribution in [0.25, 0.3) is 6.08 Å². The molecule has 1 aliphatic carbocycles. The molecule has 38 heavy (non-hydrogen) atoms. The monoisotopic (exact) mass is 592 g/mol. The van der Waals surface area contributed by atoms with Crippen molar-refractivity contribution in [3.05, 3.63) is 83.7 Å². The van der Waals surface area contributed by atoms with Crippen LogP contribution in [0.5, 0.6) is 11.5 Å². The number of benzene rings is 2. The fraction of sp³-hybridized carbons (Fsp3) is 0.222. The van der Waals surface area contributed by atoms with Gasteiger partial charge in [0.1, 0.15) is 29.3 Å². The molecule has 0 aliphatic heterocycles. The van der Waals surface area contributed by atoms with Crippen molar-refractivity contribution < 1.29 is 19.2 Å². The third-order valence-electron chi connectivity index (χ3n) is 5.94. The minimum absolute atomic E-state index is 0.0375. The van der Waals surface area contributed by atoms with E-state index in [9.17, 15) is 25.4 Å². The van der Waals surface area contributed by atoms with E-state index in [0.717, 1.165) is 36.1 Å². The number of nitro groups is 1. The van der Waals surface area contributed by atoms with Crippen molar-refractivity contribution in [2.24, 2.45) is 0 Å². The number of carbonyl (C=O) groups is 1. The van der Waals surface area contributed by atoms with Gasteiger partial charge in [0.05, 0.1) is 22.1 Å². The number of aryl methyl sites for hydroxylation is 1. The molecule has 4 rings (SSSR count). The number of ether oxygens (including phenoxy) is 2. The van der Waals surface area contributed by atoms with Gasteiger partial charge < -0.3 is 14.8 Å². The van der Waals surface area contributed by atoms with Gasteiger partial charge in [-0.25, -0.2) is 0 Å². The Kier molecular flexibility index (Phi) is 8.41. The second-order valence-electron chi connectivity index (χ2n) is 8.40. The minimum atomic E-state index is -0.608. The van der Waals surface area contributed by atoms with E-state index in [2.05, 4.69) is 27.3 Å². The van der Waals surface area contributed by atoms with E-state index in [1.54, 1.807) is 24.3 Å². The van der Waals surface area contributed by atoms with Gasteiger partial charge in [-0.2, -0.15) is 10.5 Å². The average Bonchev–Trinajstić information content (AvgIpc) is 3.27. The minimum Gasteiger partial charge on any atom is -0.493 e. The lowest BCUT2D eigenvalue weighted by atomic mass is 9.96. The predicted molar refractivity (Wildman–Crippen MR) is 146 cm³/mol. The first-order valence-electron chi connectivity index (χ1n) is 11.6. The molecule has 0 bridgehead atoms. The van der Waals surface area contributed by atoms with Crippen molar-refractivity contribution >= 4 is 49.9 Å². The van der Waals surface area contributed by atoms with Crippen LogP contribution in [-0.4, -0.2) is 17.9 Å². The van der Waals surface area contributed by atoms with Crippen molar-refractivity contribution in [2.75, 3.05) is 12.4 Å². The molecule has 0 saturated carbocycles. The third kappa shape index (κ3) is 5.86. The molecule has 0 saturated heterocycles. The summed E-state index contributed by atoms with van der Waals surface area (Å²) in [6, 6.07) is 13.5. The molecule has 1 aromatic heterocycles. The lowest BCUT2D eigenvalue weighted by molar-refractivity contribution is -0.384. The summed E-state index contributed by atoms with van der Waals surface area (Å²) < 4.78 is 11.8. The Morgan fingerprint density at radius 1 is 1.26 bits per heavy atom. The molecule has 9 nitrogen and oxygen atoms in total. The topological polar surface area (TPSA) is 138 Å². The van der Waals surface area contributed by atoms with E-state index in [0.29, 0.717) is 37.7 Å². The number of rotatable bonds is 8. The molecule has 0 spiro atoms. The highest BCUT2D eigenvalue weighted by atomic mass is 79.9. The molecule has 0 atom stereocenters. The molecule has 1 aliphatic rings. The van der Waals surface area contributed by atoms with Crippen molar-refractivity contribution in [1.82, 2.24) is 0 Å². The number of carbonyl (C=O) groups excluding carboxylic acids is 1. The van der Waals surface area contributed by atoms with Gasteiger partial charge in [-0.1, -0.05) is 12.1 Å². The van der Waals surface area contributed by atoms with Gasteiger partial charge in [-0.05, 0) is 76.5 Å². The van der Waals surface area contributed by atoms with E-state index in [4.69, 9.17) is 9.47 Å². The number of hydrogen-bond acceptors (Lipinski definition) is 8. The molecule has 2 aromatic carbocycles. The van der Waals surface area contributed by atoms with Crippen LogP contribution in [0, 0.1) is 32.8 Å². The summed E-state index contributed by atoms with van der Waals surface area (Å²) in [5.41, 5.74) is 2.41. The van der Waals surface area contributed by atoms with E-state index in [1.165, 1.54) is 36.7 Å². The Morgan fingerprint density at radius 3 is 2.76 bits per heavy atom. The second kappa shape index (κ2) is 11.9. The van der Waals surface area contributed by atoms with E-state index in [-0.39, 0.29) is 17.9 Å². The number of methoxy groups -OCH3 is 1. The molecular formula is C27H21BrN4O5S. The fourth-order valence-electron chi connectivity index (χ4n) is 4.14. The summed E-state index contributed by atoms with van der Waals surface area (Å²) in [7, 11) is 1.45. The maximum Gasteiger partial charge on any atom is 0.269 e. The number of hydrogen-bond donors (Lipinski definition) is 1. The number of thiophene rings is 1. The number of non-ortho nitro benzene ring substituents is 1. The molecular weight excluding hydrogens is 572 g/mol. The highest BCUT2D eigenvalue weighted by molar-refractivity contribution is 9.10. The number of nitro benzene ring substituents is 1. The summed E-state index contributed by atoms with van der Waals surface area (Å²) in [6.45, 7) is 0.0592. The van der Waals surface area contributed by atoms with Gasteiger partial charge in [0, 0.05) is 17.0 Å². The van der Waals surface area contributed by atoms with Crippen LogP contribution in [0.1, 0.15) is 40.0 Å². The maximum absolute atomic E-state index is 12.9. The van der Waals surface area contributed by atoms with Gasteiger partial charge in [-0.3, -0.25) is 14.9 Å². The van der Waals surface area contributed by atoms with Crippen molar-refractivity contribution in [3.8, 4) is 23.6 Å². The van der Waals surface area contributed by atoms with Gasteiger partial charge in [0.15, 0.2) is 11.5 Å². The molecule has 3 aromatic rings. The predicted octanol–water partition coefficient (Wildman–Crippen LogP) is 6.30. The number of halogens is 1. The zero-order chi connectivity index (χ0) is 27.2. The molecule has 1 N–H and O–H groups in total. The van der Waals surface area contributed by atoms with E-state index >= 15 is 0 Å². The SMILES string of the molecule is COc1cc(/C=C(\C#N)C(=O)Nc2sc3c(c2C#N)CCCC3)cc(Br)c1OCc1cccc([N+](=O)[O-])c1. The van der Waals surface area contributed by atoms with Gasteiger partial charge >= 0.3 is 0 Å². The second-order valence-corrected chi connectivity index (χ2v) is 10.4. The van der Waals surface area contributed by atoms with Crippen LogP contribution in [0.4, 0.5) is 10.7 Å². The van der Waals surface area contributed by atoms with Crippen LogP contribution < -0.4 is 14.8 Å². The molecule has 0 radical (unpaired) electrons. The number of fused-ring (bicyclic) bond motifs is 1. The Morgan fingerprint density at radius 2 is 2.05 bits per heavy atom. The van der Waals surface area contributed by atoms with Gasteiger partial charge in [-0.15, -0.1) is 11.3 Å². The highest BCUT2D eigenvalue weighted by Gasteiger charge is 2.23.